The van der Waals surface area contributed by atoms with Crippen LogP contribution >= 0.6 is 0 Å². The van der Waals surface area contributed by atoms with E-state index in [0.29, 0.717) is 5.82 Å². The van der Waals surface area contributed by atoms with Gasteiger partial charge < -0.3 is 5.43 Å². The lowest BCUT2D eigenvalue weighted by Gasteiger charge is -2.27. The van der Waals surface area contributed by atoms with Gasteiger partial charge in [-0.1, -0.05) is 12.5 Å². The molecule has 1 fully saturated rings. The highest BCUT2D eigenvalue weighted by Crippen LogP contribution is 2.11. The molecule has 0 saturated carbocycles. The number of hydrogen-bond acceptors (Lipinski definition) is 3. The van der Waals surface area contributed by atoms with Crippen molar-refractivity contribution in [3.05, 3.63) is 24.1 Å². The second-order valence-electron chi connectivity index (χ2n) is 3.51. The van der Waals surface area contributed by atoms with Gasteiger partial charge in [0.15, 0.2) is 0 Å². The van der Waals surface area contributed by atoms with Crippen molar-refractivity contribution in [2.75, 3.05) is 18.5 Å². The highest BCUT2D eigenvalue weighted by molar-refractivity contribution is 5.32. The second-order valence-corrected chi connectivity index (χ2v) is 3.51. The van der Waals surface area contributed by atoms with Crippen LogP contribution < -0.4 is 5.43 Å². The highest BCUT2D eigenvalue weighted by Gasteiger charge is 2.09. The van der Waals surface area contributed by atoms with Gasteiger partial charge in [-0.25, -0.2) is 9.99 Å². The molecule has 0 aromatic carbocycles. The minimum atomic E-state index is -0.438. The Kier molecular flexibility index (Phi) is 2.93. The molecule has 1 aromatic rings. The van der Waals surface area contributed by atoms with Gasteiger partial charge in [0.2, 0.25) is 5.95 Å². The molecule has 1 aliphatic rings. The van der Waals surface area contributed by atoms with Gasteiger partial charge in [0.05, 0.1) is 0 Å². The quantitative estimate of drug-likeness (QED) is 0.732. The van der Waals surface area contributed by atoms with E-state index in [1.165, 1.54) is 25.3 Å². The Bertz CT molecular complexity index is 297. The van der Waals surface area contributed by atoms with Crippen LogP contribution in [0.3, 0.4) is 0 Å². The monoisotopic (exact) mass is 195 g/mol. The third kappa shape index (κ3) is 2.42. The molecule has 76 valence electrons. The molecule has 0 amide bonds. The van der Waals surface area contributed by atoms with Crippen LogP contribution in [0.1, 0.15) is 19.3 Å². The first-order chi connectivity index (χ1) is 6.84. The zero-order chi connectivity index (χ0) is 9.80. The Morgan fingerprint density at radius 1 is 1.21 bits per heavy atom. The highest BCUT2D eigenvalue weighted by atomic mass is 19.1. The average Bonchev–Trinajstić information content (AvgIpc) is 2.19. The molecule has 1 N–H and O–H groups in total. The molecular formula is C10H14FN3. The lowest BCUT2D eigenvalue weighted by Crippen LogP contribution is -2.35. The fourth-order valence-corrected chi connectivity index (χ4v) is 1.64. The van der Waals surface area contributed by atoms with E-state index in [0.717, 1.165) is 13.1 Å². The molecule has 2 heterocycles. The number of hydrazine groups is 1. The SMILES string of the molecule is Fc1cccc(NN2CCCCC2)n1. The fraction of sp³-hybridized carbons (Fsp3) is 0.500. The van der Waals surface area contributed by atoms with Crippen molar-refractivity contribution in [2.24, 2.45) is 0 Å². The third-order valence-electron chi connectivity index (χ3n) is 2.34. The summed E-state index contributed by atoms with van der Waals surface area (Å²) < 4.78 is 12.8. The predicted octanol–water partition coefficient (Wildman–Crippen LogP) is 2.03. The van der Waals surface area contributed by atoms with E-state index in [1.807, 2.05) is 0 Å². The van der Waals surface area contributed by atoms with Crippen molar-refractivity contribution in [1.29, 1.82) is 0 Å². The number of piperidine rings is 1. The molecule has 0 radical (unpaired) electrons. The van der Waals surface area contributed by atoms with E-state index >= 15 is 0 Å². The van der Waals surface area contributed by atoms with Gasteiger partial charge in [0.1, 0.15) is 5.82 Å². The first-order valence-electron chi connectivity index (χ1n) is 4.99. The van der Waals surface area contributed by atoms with E-state index in [2.05, 4.69) is 15.4 Å². The molecule has 1 aromatic heterocycles. The largest absolute Gasteiger partial charge is 0.303 e. The average molecular weight is 195 g/mol. The molecule has 2 rings (SSSR count). The smallest absolute Gasteiger partial charge is 0.214 e. The number of anilines is 1. The van der Waals surface area contributed by atoms with Crippen molar-refractivity contribution in [3.63, 3.8) is 0 Å². The van der Waals surface area contributed by atoms with Crippen LogP contribution in [0.4, 0.5) is 10.2 Å². The molecule has 0 atom stereocenters. The molecule has 1 saturated heterocycles. The van der Waals surface area contributed by atoms with Gasteiger partial charge in [-0.3, -0.25) is 0 Å². The van der Waals surface area contributed by atoms with Crippen LogP contribution in [0.15, 0.2) is 18.2 Å². The Labute approximate surface area is 82.9 Å². The van der Waals surface area contributed by atoms with Gasteiger partial charge in [0.25, 0.3) is 0 Å². The minimum Gasteiger partial charge on any atom is -0.303 e. The maximum absolute atomic E-state index is 12.8. The van der Waals surface area contributed by atoms with Gasteiger partial charge in [-0.2, -0.15) is 4.39 Å². The molecule has 3 nitrogen and oxygen atoms in total. The number of pyridine rings is 1. The van der Waals surface area contributed by atoms with Gasteiger partial charge in [-0.15, -0.1) is 0 Å². The van der Waals surface area contributed by atoms with Crippen LogP contribution in [-0.4, -0.2) is 23.1 Å². The van der Waals surface area contributed by atoms with E-state index in [1.54, 1.807) is 12.1 Å². The fourth-order valence-electron chi connectivity index (χ4n) is 1.64. The second kappa shape index (κ2) is 4.37. The molecular weight excluding hydrogens is 181 g/mol. The predicted molar refractivity (Wildman–Crippen MR) is 53.2 cm³/mol. The molecule has 14 heavy (non-hydrogen) atoms. The number of nitrogens with zero attached hydrogens (tertiary/aromatic N) is 2. The van der Waals surface area contributed by atoms with E-state index in [4.69, 9.17) is 0 Å². The Hall–Kier alpha value is -1.16. The summed E-state index contributed by atoms with van der Waals surface area (Å²) in [5.74, 6) is 0.152. The van der Waals surface area contributed by atoms with Crippen LogP contribution in [0, 0.1) is 5.95 Å². The number of aromatic nitrogens is 1. The molecule has 4 heteroatoms. The van der Waals surface area contributed by atoms with Gasteiger partial charge >= 0.3 is 0 Å². The first-order valence-corrected chi connectivity index (χ1v) is 4.99. The maximum Gasteiger partial charge on any atom is 0.214 e. The Morgan fingerprint density at radius 2 is 2.00 bits per heavy atom. The van der Waals surface area contributed by atoms with Crippen molar-refractivity contribution in [3.8, 4) is 0 Å². The van der Waals surface area contributed by atoms with Crippen LogP contribution in [0.2, 0.25) is 0 Å². The lowest BCUT2D eigenvalue weighted by molar-refractivity contribution is 0.272. The Morgan fingerprint density at radius 3 is 2.71 bits per heavy atom. The van der Waals surface area contributed by atoms with Crippen molar-refractivity contribution in [1.82, 2.24) is 9.99 Å². The first kappa shape index (κ1) is 9.40. The van der Waals surface area contributed by atoms with E-state index < -0.39 is 5.95 Å². The zero-order valence-corrected chi connectivity index (χ0v) is 8.04. The van der Waals surface area contributed by atoms with Crippen molar-refractivity contribution < 1.29 is 4.39 Å². The molecule has 1 aliphatic heterocycles. The minimum absolute atomic E-state index is 0.438. The molecule has 0 aliphatic carbocycles. The van der Waals surface area contributed by atoms with E-state index in [9.17, 15) is 4.39 Å². The summed E-state index contributed by atoms with van der Waals surface area (Å²) in [6.07, 6.45) is 3.68. The van der Waals surface area contributed by atoms with Crippen LogP contribution in [0.5, 0.6) is 0 Å². The number of halogens is 1. The van der Waals surface area contributed by atoms with Crippen LogP contribution in [-0.2, 0) is 0 Å². The van der Waals surface area contributed by atoms with Gasteiger partial charge in [-0.05, 0) is 25.0 Å². The van der Waals surface area contributed by atoms with Crippen molar-refractivity contribution in [2.45, 2.75) is 19.3 Å². The lowest BCUT2D eigenvalue weighted by atomic mass is 10.2. The topological polar surface area (TPSA) is 28.2 Å². The Balaban J connectivity index is 1.95. The molecule has 0 bridgehead atoms. The normalized spacial score (nSPS) is 18.1. The van der Waals surface area contributed by atoms with Crippen LogP contribution in [0.25, 0.3) is 0 Å². The number of rotatable bonds is 2. The summed E-state index contributed by atoms with van der Waals surface area (Å²) in [5.41, 5.74) is 3.10. The summed E-state index contributed by atoms with van der Waals surface area (Å²) in [7, 11) is 0. The standard InChI is InChI=1S/C10H14FN3/c11-9-5-4-6-10(12-9)13-14-7-2-1-3-8-14/h4-6H,1-3,7-8H2,(H,12,13). The summed E-state index contributed by atoms with van der Waals surface area (Å²) in [6.45, 7) is 2.02. The number of nitrogens with one attached hydrogen (secondary N) is 1. The third-order valence-corrected chi connectivity index (χ3v) is 2.34. The van der Waals surface area contributed by atoms with E-state index in [-0.39, 0.29) is 0 Å². The summed E-state index contributed by atoms with van der Waals surface area (Å²) in [6, 6.07) is 4.79. The zero-order valence-electron chi connectivity index (χ0n) is 8.04. The summed E-state index contributed by atoms with van der Waals surface area (Å²) in [5, 5.41) is 2.09. The van der Waals surface area contributed by atoms with Gasteiger partial charge in [0, 0.05) is 13.1 Å². The number of hydrogen-bond donors (Lipinski definition) is 1. The van der Waals surface area contributed by atoms with Crippen molar-refractivity contribution >= 4 is 5.82 Å². The molecule has 0 spiro atoms. The summed E-state index contributed by atoms with van der Waals surface area (Å²) in [4.78, 5) is 3.75. The maximum atomic E-state index is 12.8. The summed E-state index contributed by atoms with van der Waals surface area (Å²) >= 11 is 0. The molecule has 0 unspecified atom stereocenters.